The smallest absolute Gasteiger partial charge is 0.221 e. The summed E-state index contributed by atoms with van der Waals surface area (Å²) in [6.45, 7) is 2.20. The molecule has 0 aliphatic heterocycles. The van der Waals surface area contributed by atoms with Gasteiger partial charge in [-0.05, 0) is 12.8 Å². The number of nitrogens with zero attached hydrogens (tertiary/aromatic N) is 2. The van der Waals surface area contributed by atoms with Crippen molar-refractivity contribution in [2.75, 3.05) is 11.5 Å². The fourth-order valence-corrected chi connectivity index (χ4v) is 1.37. The summed E-state index contributed by atoms with van der Waals surface area (Å²) in [4.78, 5) is 7.84. The molecule has 0 unspecified atom stereocenters. The molecular weight excluding hydrogens is 176 g/mol. The van der Waals surface area contributed by atoms with Crippen LogP contribution in [0.5, 0.6) is 0 Å². The average Bonchev–Trinajstić information content (AvgIpc) is 2.15. The summed E-state index contributed by atoms with van der Waals surface area (Å²) in [5, 5.41) is 0. The lowest BCUT2D eigenvalue weighted by Gasteiger charge is -2.04. The van der Waals surface area contributed by atoms with Crippen LogP contribution in [0.25, 0.3) is 0 Å². The number of nitrogens with two attached hydrogens (primary N) is 2. The maximum Gasteiger partial charge on any atom is 0.221 e. The number of anilines is 2. The van der Waals surface area contributed by atoms with Crippen LogP contribution in [0.15, 0.2) is 6.20 Å². The fourth-order valence-electron chi connectivity index (χ4n) is 1.37. The minimum Gasteiger partial charge on any atom is -0.383 e. The number of unbranched alkanes of at least 4 members (excludes halogenated alkanes) is 3. The average molecular weight is 194 g/mol. The van der Waals surface area contributed by atoms with E-state index in [4.69, 9.17) is 11.5 Å². The van der Waals surface area contributed by atoms with Crippen LogP contribution in [0.2, 0.25) is 0 Å². The molecule has 0 aliphatic rings. The Morgan fingerprint density at radius 3 is 2.64 bits per heavy atom. The van der Waals surface area contributed by atoms with Crippen LogP contribution in [0.1, 0.15) is 38.2 Å². The zero-order valence-electron chi connectivity index (χ0n) is 8.66. The summed E-state index contributed by atoms with van der Waals surface area (Å²) in [7, 11) is 0. The Kier molecular flexibility index (Phi) is 4.16. The first-order valence-electron chi connectivity index (χ1n) is 5.11. The normalized spacial score (nSPS) is 10.4. The second-order valence-electron chi connectivity index (χ2n) is 3.45. The lowest BCUT2D eigenvalue weighted by atomic mass is 10.1. The van der Waals surface area contributed by atoms with Gasteiger partial charge in [0.25, 0.3) is 0 Å². The van der Waals surface area contributed by atoms with Gasteiger partial charge in [-0.3, -0.25) is 0 Å². The lowest BCUT2D eigenvalue weighted by Crippen LogP contribution is -2.03. The third kappa shape index (κ3) is 3.20. The second kappa shape index (κ2) is 5.42. The van der Waals surface area contributed by atoms with Gasteiger partial charge in [0, 0.05) is 11.8 Å². The van der Waals surface area contributed by atoms with Crippen LogP contribution in [0.4, 0.5) is 11.8 Å². The monoisotopic (exact) mass is 194 g/mol. The molecule has 1 rings (SSSR count). The molecule has 4 heteroatoms. The van der Waals surface area contributed by atoms with E-state index in [0.29, 0.717) is 5.82 Å². The van der Waals surface area contributed by atoms with Crippen LogP contribution in [0, 0.1) is 0 Å². The fraction of sp³-hybridized carbons (Fsp3) is 0.600. The van der Waals surface area contributed by atoms with Gasteiger partial charge in [-0.1, -0.05) is 26.2 Å². The van der Waals surface area contributed by atoms with E-state index in [0.717, 1.165) is 18.4 Å². The van der Waals surface area contributed by atoms with Crippen LogP contribution in [-0.2, 0) is 6.42 Å². The van der Waals surface area contributed by atoms with Gasteiger partial charge in [-0.15, -0.1) is 0 Å². The van der Waals surface area contributed by atoms with Crippen molar-refractivity contribution >= 4 is 11.8 Å². The molecule has 0 aromatic carbocycles. The van der Waals surface area contributed by atoms with E-state index in [2.05, 4.69) is 16.9 Å². The molecule has 4 N–H and O–H groups in total. The lowest BCUT2D eigenvalue weighted by molar-refractivity contribution is 0.666. The molecule has 0 atom stereocenters. The quantitative estimate of drug-likeness (QED) is 0.700. The first-order chi connectivity index (χ1) is 6.74. The summed E-state index contributed by atoms with van der Waals surface area (Å²) < 4.78 is 0. The van der Waals surface area contributed by atoms with E-state index in [1.165, 1.54) is 19.3 Å². The molecule has 0 amide bonds. The predicted molar refractivity (Wildman–Crippen MR) is 58.7 cm³/mol. The van der Waals surface area contributed by atoms with Crippen molar-refractivity contribution in [3.05, 3.63) is 11.8 Å². The Hall–Kier alpha value is -1.32. The Balaban J connectivity index is 2.42. The van der Waals surface area contributed by atoms with Gasteiger partial charge in [0.1, 0.15) is 5.82 Å². The number of aromatic nitrogens is 2. The van der Waals surface area contributed by atoms with E-state index in [1.54, 1.807) is 6.20 Å². The minimum atomic E-state index is 0.250. The minimum absolute atomic E-state index is 0.250. The molecule has 0 spiro atoms. The zero-order valence-corrected chi connectivity index (χ0v) is 8.66. The maximum absolute atomic E-state index is 5.71. The third-order valence-corrected chi connectivity index (χ3v) is 2.22. The van der Waals surface area contributed by atoms with E-state index in [9.17, 15) is 0 Å². The molecule has 0 bridgehead atoms. The molecule has 4 nitrogen and oxygen atoms in total. The highest BCUT2D eigenvalue weighted by molar-refractivity contribution is 5.41. The van der Waals surface area contributed by atoms with Crippen LogP contribution in [-0.4, -0.2) is 9.97 Å². The van der Waals surface area contributed by atoms with Gasteiger partial charge < -0.3 is 11.5 Å². The van der Waals surface area contributed by atoms with Crippen molar-refractivity contribution in [2.24, 2.45) is 0 Å². The largest absolute Gasteiger partial charge is 0.383 e. The molecular formula is C10H18N4. The SMILES string of the molecule is CCCCCCc1cnc(N)nc1N. The topological polar surface area (TPSA) is 77.8 Å². The molecule has 78 valence electrons. The van der Waals surface area contributed by atoms with Crippen molar-refractivity contribution in [3.8, 4) is 0 Å². The summed E-state index contributed by atoms with van der Waals surface area (Å²) in [6.07, 6.45) is 7.57. The Bertz CT molecular complexity index is 285. The molecule has 0 fully saturated rings. The zero-order chi connectivity index (χ0) is 10.4. The molecule has 0 saturated heterocycles. The molecule has 1 heterocycles. The number of hydrogen-bond donors (Lipinski definition) is 2. The molecule has 1 aromatic rings. The summed E-state index contributed by atoms with van der Waals surface area (Å²) >= 11 is 0. The van der Waals surface area contributed by atoms with Crippen LogP contribution >= 0.6 is 0 Å². The van der Waals surface area contributed by atoms with Crippen molar-refractivity contribution in [3.63, 3.8) is 0 Å². The molecule has 0 radical (unpaired) electrons. The molecule has 1 aromatic heterocycles. The van der Waals surface area contributed by atoms with E-state index in [1.807, 2.05) is 0 Å². The third-order valence-electron chi connectivity index (χ3n) is 2.22. The summed E-state index contributed by atoms with van der Waals surface area (Å²) in [5.74, 6) is 0.772. The van der Waals surface area contributed by atoms with Gasteiger partial charge in [-0.2, -0.15) is 4.98 Å². The van der Waals surface area contributed by atoms with E-state index >= 15 is 0 Å². The molecule has 0 aliphatic carbocycles. The van der Waals surface area contributed by atoms with Crippen molar-refractivity contribution in [1.82, 2.24) is 9.97 Å². The summed E-state index contributed by atoms with van der Waals surface area (Å²) in [5.41, 5.74) is 12.1. The van der Waals surface area contributed by atoms with Gasteiger partial charge in [0.2, 0.25) is 5.95 Å². The highest BCUT2D eigenvalue weighted by Crippen LogP contribution is 2.12. The first-order valence-corrected chi connectivity index (χ1v) is 5.11. The van der Waals surface area contributed by atoms with Gasteiger partial charge >= 0.3 is 0 Å². The van der Waals surface area contributed by atoms with Gasteiger partial charge in [0.05, 0.1) is 0 Å². The molecule has 0 saturated carbocycles. The maximum atomic E-state index is 5.71. The predicted octanol–water partition coefficient (Wildman–Crippen LogP) is 1.76. The van der Waals surface area contributed by atoms with E-state index in [-0.39, 0.29) is 5.95 Å². The number of aryl methyl sites for hydroxylation is 1. The number of nitrogen functional groups attached to an aromatic ring is 2. The van der Waals surface area contributed by atoms with Crippen molar-refractivity contribution < 1.29 is 0 Å². The van der Waals surface area contributed by atoms with Gasteiger partial charge in [-0.25, -0.2) is 4.98 Å². The van der Waals surface area contributed by atoms with Crippen LogP contribution < -0.4 is 11.5 Å². The molecule has 14 heavy (non-hydrogen) atoms. The second-order valence-corrected chi connectivity index (χ2v) is 3.45. The van der Waals surface area contributed by atoms with E-state index < -0.39 is 0 Å². The first kappa shape index (κ1) is 10.8. The highest BCUT2D eigenvalue weighted by Gasteiger charge is 2.01. The van der Waals surface area contributed by atoms with Gasteiger partial charge in [0.15, 0.2) is 0 Å². The van der Waals surface area contributed by atoms with Crippen LogP contribution in [0.3, 0.4) is 0 Å². The van der Waals surface area contributed by atoms with Crippen molar-refractivity contribution in [2.45, 2.75) is 39.0 Å². The standard InChI is InChI=1S/C10H18N4/c1-2-3-4-5-6-8-7-13-10(12)14-9(8)11/h7H,2-6H2,1H3,(H4,11,12,13,14). The number of hydrogen-bond acceptors (Lipinski definition) is 4. The summed E-state index contributed by atoms with van der Waals surface area (Å²) in [6, 6.07) is 0. The Morgan fingerprint density at radius 2 is 2.00 bits per heavy atom. The highest BCUT2D eigenvalue weighted by atomic mass is 15.0. The number of rotatable bonds is 5. The Morgan fingerprint density at radius 1 is 1.21 bits per heavy atom. The van der Waals surface area contributed by atoms with Crippen molar-refractivity contribution in [1.29, 1.82) is 0 Å². The Labute approximate surface area is 84.7 Å².